The molecular weight excluding hydrogens is 546 g/mol. The Morgan fingerprint density at radius 1 is 1.08 bits per heavy atom. The van der Waals surface area contributed by atoms with Gasteiger partial charge in [0.05, 0.1) is 28.3 Å². The molecule has 1 aromatic heterocycles. The van der Waals surface area contributed by atoms with E-state index in [1.165, 1.54) is 11.8 Å². The van der Waals surface area contributed by atoms with Gasteiger partial charge in [0.1, 0.15) is 15.8 Å². The van der Waals surface area contributed by atoms with Crippen molar-refractivity contribution < 1.29 is 9.53 Å². The fourth-order valence-electron chi connectivity index (χ4n) is 4.36. The predicted octanol–water partition coefficient (Wildman–Crippen LogP) is 8.33. The van der Waals surface area contributed by atoms with Crippen LogP contribution in [0.4, 0.5) is 0 Å². The van der Waals surface area contributed by atoms with Crippen molar-refractivity contribution >= 4 is 51.9 Å². The Hall–Kier alpha value is -3.39. The Bertz CT molecular complexity index is 1520. The molecule has 39 heavy (non-hydrogen) atoms. The van der Waals surface area contributed by atoms with Crippen molar-refractivity contribution in [2.24, 2.45) is 0 Å². The molecule has 2 heterocycles. The van der Waals surface area contributed by atoms with Gasteiger partial charge in [-0.05, 0) is 55.3 Å². The van der Waals surface area contributed by atoms with Gasteiger partial charge in [0.15, 0.2) is 0 Å². The molecule has 5 rings (SSSR count). The SMILES string of the molecule is CCCCOc1ccc(-c2nn(-c3ccccc3)cc2/C=C2\SC(=S)N(C(C)c3ccccc3)C2=O)cc1Cl. The number of nitrogens with zero attached hydrogens (tertiary/aromatic N) is 3. The van der Waals surface area contributed by atoms with E-state index in [2.05, 4.69) is 6.92 Å². The quantitative estimate of drug-likeness (QED) is 0.114. The van der Waals surface area contributed by atoms with E-state index in [0.29, 0.717) is 32.3 Å². The van der Waals surface area contributed by atoms with E-state index in [1.54, 1.807) is 4.90 Å². The zero-order valence-electron chi connectivity index (χ0n) is 21.7. The zero-order chi connectivity index (χ0) is 27.4. The number of hydrogen-bond donors (Lipinski definition) is 0. The second-order valence-electron chi connectivity index (χ2n) is 9.20. The van der Waals surface area contributed by atoms with E-state index in [-0.39, 0.29) is 11.9 Å². The van der Waals surface area contributed by atoms with Crippen LogP contribution < -0.4 is 4.74 Å². The van der Waals surface area contributed by atoms with Crippen molar-refractivity contribution in [3.63, 3.8) is 0 Å². The molecule has 1 fully saturated rings. The summed E-state index contributed by atoms with van der Waals surface area (Å²) < 4.78 is 8.19. The maximum atomic E-state index is 13.6. The first-order valence-corrected chi connectivity index (χ1v) is 14.5. The first kappa shape index (κ1) is 27.2. The maximum Gasteiger partial charge on any atom is 0.266 e. The van der Waals surface area contributed by atoms with E-state index in [1.807, 2.05) is 103 Å². The Kier molecular flexibility index (Phi) is 8.50. The number of rotatable bonds is 9. The third-order valence-corrected chi connectivity index (χ3v) is 8.13. The normalized spacial score (nSPS) is 15.3. The average Bonchev–Trinajstić information content (AvgIpc) is 3.50. The number of aromatic nitrogens is 2. The molecule has 1 atom stereocenters. The van der Waals surface area contributed by atoms with Gasteiger partial charge in [-0.1, -0.05) is 97.5 Å². The highest BCUT2D eigenvalue weighted by atomic mass is 35.5. The highest BCUT2D eigenvalue weighted by Gasteiger charge is 2.36. The largest absolute Gasteiger partial charge is 0.492 e. The van der Waals surface area contributed by atoms with E-state index in [0.717, 1.165) is 35.2 Å². The average molecular weight is 574 g/mol. The van der Waals surface area contributed by atoms with Crippen LogP contribution in [0.2, 0.25) is 5.02 Å². The second kappa shape index (κ2) is 12.2. The molecule has 1 aliphatic rings. The van der Waals surface area contributed by atoms with Gasteiger partial charge < -0.3 is 4.74 Å². The van der Waals surface area contributed by atoms with E-state index in [4.69, 9.17) is 33.7 Å². The predicted molar refractivity (Wildman–Crippen MR) is 164 cm³/mol. The maximum absolute atomic E-state index is 13.6. The lowest BCUT2D eigenvalue weighted by molar-refractivity contribution is -0.123. The van der Waals surface area contributed by atoms with E-state index >= 15 is 0 Å². The topological polar surface area (TPSA) is 47.4 Å². The van der Waals surface area contributed by atoms with Crippen LogP contribution in [0, 0.1) is 0 Å². The minimum atomic E-state index is -0.171. The number of halogens is 1. The molecule has 8 heteroatoms. The fraction of sp³-hybridized carbons (Fsp3) is 0.194. The van der Waals surface area contributed by atoms with Crippen molar-refractivity contribution in [2.75, 3.05) is 6.61 Å². The zero-order valence-corrected chi connectivity index (χ0v) is 24.1. The Morgan fingerprint density at radius 2 is 1.79 bits per heavy atom. The van der Waals surface area contributed by atoms with Crippen molar-refractivity contribution in [1.82, 2.24) is 14.7 Å². The van der Waals surface area contributed by atoms with Crippen molar-refractivity contribution in [3.8, 4) is 22.7 Å². The smallest absolute Gasteiger partial charge is 0.266 e. The molecule has 0 bridgehead atoms. The summed E-state index contributed by atoms with van der Waals surface area (Å²) in [7, 11) is 0. The molecule has 0 spiro atoms. The second-order valence-corrected chi connectivity index (χ2v) is 11.3. The molecule has 0 aliphatic carbocycles. The molecule has 0 N–H and O–H groups in total. The molecule has 1 saturated heterocycles. The highest BCUT2D eigenvalue weighted by Crippen LogP contribution is 2.39. The van der Waals surface area contributed by atoms with Gasteiger partial charge in [0.25, 0.3) is 5.91 Å². The van der Waals surface area contributed by atoms with Crippen LogP contribution in [0.1, 0.15) is 43.9 Å². The number of amides is 1. The van der Waals surface area contributed by atoms with Crippen molar-refractivity contribution in [2.45, 2.75) is 32.7 Å². The van der Waals surface area contributed by atoms with Crippen molar-refractivity contribution in [1.29, 1.82) is 0 Å². The monoisotopic (exact) mass is 573 g/mol. The lowest BCUT2D eigenvalue weighted by atomic mass is 10.1. The molecule has 198 valence electrons. The van der Waals surface area contributed by atoms with Gasteiger partial charge in [-0.2, -0.15) is 5.10 Å². The van der Waals surface area contributed by atoms with Gasteiger partial charge in [0.2, 0.25) is 0 Å². The summed E-state index contributed by atoms with van der Waals surface area (Å²) in [5, 5.41) is 5.41. The first-order valence-electron chi connectivity index (χ1n) is 12.9. The molecule has 1 aliphatic heterocycles. The lowest BCUT2D eigenvalue weighted by Crippen LogP contribution is -2.30. The minimum Gasteiger partial charge on any atom is -0.492 e. The number of benzene rings is 3. The fourth-order valence-corrected chi connectivity index (χ4v) is 6.00. The summed E-state index contributed by atoms with van der Waals surface area (Å²) in [6, 6.07) is 25.3. The van der Waals surface area contributed by atoms with Crippen LogP contribution in [-0.4, -0.2) is 31.5 Å². The van der Waals surface area contributed by atoms with Crippen molar-refractivity contribution in [3.05, 3.63) is 106 Å². The van der Waals surface area contributed by atoms with Crippen LogP contribution in [-0.2, 0) is 4.79 Å². The molecule has 5 nitrogen and oxygen atoms in total. The third-order valence-electron chi connectivity index (χ3n) is 6.50. The van der Waals surface area contributed by atoms with Crippen LogP contribution in [0.3, 0.4) is 0 Å². The summed E-state index contributed by atoms with van der Waals surface area (Å²) >= 11 is 13.6. The molecular formula is C31H28ClN3O2S2. The number of thiocarbonyl (C=S) groups is 1. The van der Waals surface area contributed by atoms with Gasteiger partial charge in [-0.25, -0.2) is 4.68 Å². The number of thioether (sulfide) groups is 1. The number of para-hydroxylation sites is 1. The van der Waals surface area contributed by atoms with Gasteiger partial charge in [0, 0.05) is 17.3 Å². The first-order chi connectivity index (χ1) is 19.0. The molecule has 3 aromatic carbocycles. The van der Waals surface area contributed by atoms with Crippen LogP contribution in [0.5, 0.6) is 5.75 Å². The summed E-state index contributed by atoms with van der Waals surface area (Å²) in [4.78, 5) is 15.8. The van der Waals surface area contributed by atoms with Gasteiger partial charge in [-0.15, -0.1) is 0 Å². The number of unbranched alkanes of at least 4 members (excludes halogenated alkanes) is 1. The Labute approximate surface area is 243 Å². The summed E-state index contributed by atoms with van der Waals surface area (Å²) in [5.41, 5.74) is 4.28. The van der Waals surface area contributed by atoms with Gasteiger partial charge >= 0.3 is 0 Å². The molecule has 1 unspecified atom stereocenters. The number of ether oxygens (including phenoxy) is 1. The number of carbonyl (C=O) groups is 1. The lowest BCUT2D eigenvalue weighted by Gasteiger charge is -2.23. The number of hydrogen-bond acceptors (Lipinski definition) is 5. The Morgan fingerprint density at radius 3 is 2.49 bits per heavy atom. The van der Waals surface area contributed by atoms with E-state index < -0.39 is 0 Å². The highest BCUT2D eigenvalue weighted by molar-refractivity contribution is 8.26. The summed E-state index contributed by atoms with van der Waals surface area (Å²) in [6.07, 6.45) is 5.81. The van der Waals surface area contributed by atoms with E-state index in [9.17, 15) is 4.79 Å². The summed E-state index contributed by atoms with van der Waals surface area (Å²) in [5.74, 6) is 0.533. The van der Waals surface area contributed by atoms with Crippen LogP contribution >= 0.6 is 35.6 Å². The molecule has 1 amide bonds. The van der Waals surface area contributed by atoms with Crippen LogP contribution in [0.15, 0.2) is 90.0 Å². The molecule has 0 radical (unpaired) electrons. The minimum absolute atomic E-state index is 0.113. The molecule has 4 aromatic rings. The van der Waals surface area contributed by atoms with Gasteiger partial charge in [-0.3, -0.25) is 9.69 Å². The third kappa shape index (κ3) is 5.96. The standard InChI is InChI=1S/C31H28ClN3O2S2/c1-3-4-17-37-27-16-15-23(18-26(27)32)29-24(20-34(33-29)25-13-9-6-10-14-25)19-28-30(36)35(31(38)39-28)21(2)22-11-7-5-8-12-22/h5-16,18-21H,3-4,17H2,1-2H3/b28-19-. The molecule has 0 saturated carbocycles. The van der Waals surface area contributed by atoms with Crippen LogP contribution in [0.25, 0.3) is 23.0 Å². The Balaban J connectivity index is 1.51. The number of carbonyl (C=O) groups excluding carboxylic acids is 1. The summed E-state index contributed by atoms with van der Waals surface area (Å²) in [6.45, 7) is 4.73.